The van der Waals surface area contributed by atoms with E-state index >= 15 is 0 Å². The van der Waals surface area contributed by atoms with Crippen molar-refractivity contribution in [3.63, 3.8) is 0 Å². The van der Waals surface area contributed by atoms with Crippen LogP contribution in [-0.2, 0) is 12.8 Å². The molecule has 0 N–H and O–H groups in total. The van der Waals surface area contributed by atoms with Gasteiger partial charge >= 0.3 is 5.82 Å². The zero-order chi connectivity index (χ0) is 11.9. The van der Waals surface area contributed by atoms with Gasteiger partial charge in [-0.3, -0.25) is 0 Å². The average molecular weight is 221 g/mol. The Hall–Kier alpha value is -1.19. The van der Waals surface area contributed by atoms with E-state index in [1.165, 1.54) is 0 Å². The predicted molar refractivity (Wildman–Crippen MR) is 60.7 cm³/mol. The molecule has 0 amide bonds. The standard InChI is InChI=1S/C12H19N3O/c1-8-13-14-10-6-5-9(12(2,3)4)7-11(10)15(8)16/h9H,5-7H2,1-4H3. The van der Waals surface area contributed by atoms with Crippen LogP contribution in [0.15, 0.2) is 0 Å². The van der Waals surface area contributed by atoms with Gasteiger partial charge in [-0.15, -0.1) is 0 Å². The molecule has 0 aliphatic heterocycles. The molecule has 1 unspecified atom stereocenters. The SMILES string of the molecule is Cc1nnc2c([n+]1[O-])CC(C(C)(C)C)CC2. The van der Waals surface area contributed by atoms with Gasteiger partial charge in [-0.1, -0.05) is 20.8 Å². The molecule has 16 heavy (non-hydrogen) atoms. The van der Waals surface area contributed by atoms with Gasteiger partial charge in [0.15, 0.2) is 0 Å². The third-order valence-electron chi connectivity index (χ3n) is 3.58. The van der Waals surface area contributed by atoms with Crippen LogP contribution in [0.3, 0.4) is 0 Å². The van der Waals surface area contributed by atoms with Gasteiger partial charge in [-0.25, -0.2) is 4.73 Å². The summed E-state index contributed by atoms with van der Waals surface area (Å²) in [5.74, 6) is 1.01. The summed E-state index contributed by atoms with van der Waals surface area (Å²) in [6, 6.07) is 0. The number of aryl methyl sites for hydroxylation is 2. The fraction of sp³-hybridized carbons (Fsp3) is 0.750. The smallest absolute Gasteiger partial charge is 0.326 e. The van der Waals surface area contributed by atoms with Gasteiger partial charge in [0.2, 0.25) is 0 Å². The summed E-state index contributed by atoms with van der Waals surface area (Å²) in [6.07, 6.45) is 2.82. The number of hydrogen-bond acceptors (Lipinski definition) is 3. The molecule has 1 atom stereocenters. The highest BCUT2D eigenvalue weighted by molar-refractivity contribution is 5.11. The molecule has 0 saturated heterocycles. The third kappa shape index (κ3) is 1.88. The van der Waals surface area contributed by atoms with Crippen molar-refractivity contribution < 1.29 is 4.73 Å². The van der Waals surface area contributed by atoms with E-state index in [1.54, 1.807) is 6.92 Å². The Balaban J connectivity index is 2.36. The van der Waals surface area contributed by atoms with E-state index in [0.29, 0.717) is 11.7 Å². The highest BCUT2D eigenvalue weighted by Gasteiger charge is 2.32. The number of nitrogens with zero attached hydrogens (tertiary/aromatic N) is 3. The minimum Gasteiger partial charge on any atom is -0.710 e. The summed E-state index contributed by atoms with van der Waals surface area (Å²) >= 11 is 0. The fourth-order valence-electron chi connectivity index (χ4n) is 2.32. The predicted octanol–water partition coefficient (Wildman–Crippen LogP) is 1.57. The summed E-state index contributed by atoms with van der Waals surface area (Å²) in [5, 5.41) is 19.9. The highest BCUT2D eigenvalue weighted by Crippen LogP contribution is 2.35. The lowest BCUT2D eigenvalue weighted by Gasteiger charge is -2.33. The molecule has 1 aromatic rings. The molecule has 1 aromatic heterocycles. The quantitative estimate of drug-likeness (QED) is 0.493. The maximum absolute atomic E-state index is 11.9. The van der Waals surface area contributed by atoms with Crippen molar-refractivity contribution in [3.05, 3.63) is 22.4 Å². The van der Waals surface area contributed by atoms with E-state index in [4.69, 9.17) is 0 Å². The van der Waals surface area contributed by atoms with Crippen LogP contribution in [0.25, 0.3) is 0 Å². The molecule has 0 spiro atoms. The molecule has 1 aliphatic rings. The average Bonchev–Trinajstić information content (AvgIpc) is 2.22. The fourth-order valence-corrected chi connectivity index (χ4v) is 2.32. The number of aromatic nitrogens is 3. The maximum Gasteiger partial charge on any atom is 0.326 e. The zero-order valence-electron chi connectivity index (χ0n) is 10.4. The lowest BCUT2D eigenvalue weighted by Crippen LogP contribution is -2.43. The van der Waals surface area contributed by atoms with Crippen LogP contribution in [0, 0.1) is 23.5 Å². The van der Waals surface area contributed by atoms with E-state index in [1.807, 2.05) is 0 Å². The summed E-state index contributed by atoms with van der Waals surface area (Å²) in [7, 11) is 0. The van der Waals surface area contributed by atoms with E-state index < -0.39 is 0 Å². The van der Waals surface area contributed by atoms with Gasteiger partial charge in [0, 0.05) is 13.3 Å². The molecule has 4 heteroatoms. The molecular weight excluding hydrogens is 202 g/mol. The van der Waals surface area contributed by atoms with E-state index in [2.05, 4.69) is 31.0 Å². The van der Waals surface area contributed by atoms with Crippen molar-refractivity contribution in [2.24, 2.45) is 11.3 Å². The second kappa shape index (κ2) is 3.68. The maximum atomic E-state index is 11.9. The van der Waals surface area contributed by atoms with Crippen molar-refractivity contribution in [2.75, 3.05) is 0 Å². The number of hydrogen-bond donors (Lipinski definition) is 0. The molecule has 88 valence electrons. The first kappa shape index (κ1) is 11.3. The molecule has 0 saturated carbocycles. The molecule has 1 heterocycles. The summed E-state index contributed by atoms with van der Waals surface area (Å²) in [6.45, 7) is 8.42. The van der Waals surface area contributed by atoms with Gasteiger partial charge in [0.25, 0.3) is 0 Å². The lowest BCUT2D eigenvalue weighted by atomic mass is 9.72. The Kier molecular flexibility index (Phi) is 2.60. The zero-order valence-corrected chi connectivity index (χ0v) is 10.4. The lowest BCUT2D eigenvalue weighted by molar-refractivity contribution is -0.626. The van der Waals surface area contributed by atoms with Crippen LogP contribution in [0.5, 0.6) is 0 Å². The van der Waals surface area contributed by atoms with Gasteiger partial charge < -0.3 is 5.21 Å². The first-order valence-electron chi connectivity index (χ1n) is 5.84. The largest absolute Gasteiger partial charge is 0.710 e. The van der Waals surface area contributed by atoms with Gasteiger partial charge in [-0.05, 0) is 29.3 Å². The minimum atomic E-state index is 0.252. The van der Waals surface area contributed by atoms with Gasteiger partial charge in [-0.2, -0.15) is 0 Å². The normalized spacial score (nSPS) is 20.6. The number of fused-ring (bicyclic) bond motifs is 1. The Morgan fingerprint density at radius 2 is 2.00 bits per heavy atom. The molecule has 4 nitrogen and oxygen atoms in total. The van der Waals surface area contributed by atoms with Gasteiger partial charge in [0.1, 0.15) is 11.4 Å². The van der Waals surface area contributed by atoms with Crippen molar-refractivity contribution in [2.45, 2.75) is 47.0 Å². The first-order valence-corrected chi connectivity index (χ1v) is 5.84. The Morgan fingerprint density at radius 3 is 2.62 bits per heavy atom. The van der Waals surface area contributed by atoms with Crippen LogP contribution in [0.2, 0.25) is 0 Å². The third-order valence-corrected chi connectivity index (χ3v) is 3.58. The second-order valence-corrected chi connectivity index (χ2v) is 5.74. The van der Waals surface area contributed by atoms with Crippen LogP contribution in [0.4, 0.5) is 0 Å². The van der Waals surface area contributed by atoms with Crippen molar-refractivity contribution in [1.29, 1.82) is 0 Å². The molecule has 0 bridgehead atoms. The summed E-state index contributed by atoms with van der Waals surface area (Å²) in [4.78, 5) is 0. The van der Waals surface area contributed by atoms with Crippen molar-refractivity contribution in [1.82, 2.24) is 10.2 Å². The van der Waals surface area contributed by atoms with Crippen LogP contribution >= 0.6 is 0 Å². The monoisotopic (exact) mass is 221 g/mol. The Bertz CT molecular complexity index is 409. The molecule has 0 radical (unpaired) electrons. The molecule has 0 fully saturated rings. The number of rotatable bonds is 0. The summed E-state index contributed by atoms with van der Waals surface area (Å²) < 4.78 is 0.959. The van der Waals surface area contributed by atoms with Crippen LogP contribution in [-0.4, -0.2) is 10.2 Å². The topological polar surface area (TPSA) is 52.7 Å². The molecule has 0 aromatic carbocycles. The minimum absolute atomic E-state index is 0.252. The Labute approximate surface area is 96.3 Å². The first-order chi connectivity index (χ1) is 7.39. The Morgan fingerprint density at radius 1 is 1.31 bits per heavy atom. The van der Waals surface area contributed by atoms with Crippen molar-refractivity contribution >= 4 is 0 Å². The van der Waals surface area contributed by atoms with Crippen molar-refractivity contribution in [3.8, 4) is 0 Å². The molecule has 2 rings (SSSR count). The highest BCUT2D eigenvalue weighted by atomic mass is 16.5. The second-order valence-electron chi connectivity index (χ2n) is 5.74. The van der Waals surface area contributed by atoms with E-state index in [9.17, 15) is 5.21 Å². The molecular formula is C12H19N3O. The van der Waals surface area contributed by atoms with E-state index in [0.717, 1.165) is 35.4 Å². The van der Waals surface area contributed by atoms with Crippen LogP contribution in [0.1, 0.15) is 44.4 Å². The molecule has 1 aliphatic carbocycles. The summed E-state index contributed by atoms with van der Waals surface area (Å²) in [5.41, 5.74) is 1.97. The van der Waals surface area contributed by atoms with E-state index in [-0.39, 0.29) is 5.41 Å². The van der Waals surface area contributed by atoms with Crippen LogP contribution < -0.4 is 4.73 Å². The van der Waals surface area contributed by atoms with Gasteiger partial charge in [0.05, 0.1) is 5.10 Å².